The van der Waals surface area contributed by atoms with Crippen LogP contribution in [0.5, 0.6) is 0 Å². The second-order valence-electron chi connectivity index (χ2n) is 4.50. The topological polar surface area (TPSA) is 12.0 Å². The van der Waals surface area contributed by atoms with Gasteiger partial charge in [-0.1, -0.05) is 47.1 Å². The molecule has 0 saturated carbocycles. The average Bonchev–Trinajstić information content (AvgIpc) is 2.39. The molecular formula is C16H17BrFN. The fourth-order valence-corrected chi connectivity index (χ4v) is 2.51. The van der Waals surface area contributed by atoms with Crippen LogP contribution in [0.25, 0.3) is 0 Å². The summed E-state index contributed by atoms with van der Waals surface area (Å²) in [4.78, 5) is 0. The van der Waals surface area contributed by atoms with Crippen molar-refractivity contribution in [3.05, 3.63) is 69.9 Å². The van der Waals surface area contributed by atoms with E-state index in [0.717, 1.165) is 28.6 Å². The maximum absolute atomic E-state index is 13.4. The van der Waals surface area contributed by atoms with E-state index in [2.05, 4.69) is 40.3 Å². The molecule has 2 aromatic rings. The Morgan fingerprint density at radius 3 is 2.42 bits per heavy atom. The van der Waals surface area contributed by atoms with Gasteiger partial charge < -0.3 is 5.32 Å². The zero-order chi connectivity index (χ0) is 13.7. The molecule has 2 aromatic carbocycles. The largest absolute Gasteiger partial charge is 0.306 e. The molecule has 0 aliphatic heterocycles. The van der Waals surface area contributed by atoms with Crippen LogP contribution < -0.4 is 5.32 Å². The molecule has 0 bridgehead atoms. The van der Waals surface area contributed by atoms with Gasteiger partial charge in [0.2, 0.25) is 0 Å². The van der Waals surface area contributed by atoms with Gasteiger partial charge in [0.1, 0.15) is 5.82 Å². The highest BCUT2D eigenvalue weighted by molar-refractivity contribution is 9.10. The van der Waals surface area contributed by atoms with Crippen LogP contribution in [0, 0.1) is 5.82 Å². The predicted molar refractivity (Wildman–Crippen MR) is 80.7 cm³/mol. The van der Waals surface area contributed by atoms with E-state index in [1.165, 1.54) is 6.07 Å². The molecule has 0 amide bonds. The van der Waals surface area contributed by atoms with Gasteiger partial charge in [0.25, 0.3) is 0 Å². The maximum Gasteiger partial charge on any atom is 0.123 e. The normalized spacial score (nSPS) is 12.4. The third-order valence-corrected chi connectivity index (χ3v) is 3.46. The smallest absolute Gasteiger partial charge is 0.123 e. The minimum absolute atomic E-state index is 0.0214. The Morgan fingerprint density at radius 1 is 1.11 bits per heavy atom. The minimum Gasteiger partial charge on any atom is -0.306 e. The molecule has 19 heavy (non-hydrogen) atoms. The molecule has 2 rings (SSSR count). The van der Waals surface area contributed by atoms with E-state index >= 15 is 0 Å². The van der Waals surface area contributed by atoms with E-state index in [4.69, 9.17) is 0 Å². The number of benzene rings is 2. The quantitative estimate of drug-likeness (QED) is 0.843. The summed E-state index contributed by atoms with van der Waals surface area (Å²) in [5.41, 5.74) is 2.08. The third kappa shape index (κ3) is 3.88. The minimum atomic E-state index is -0.198. The molecule has 0 fully saturated rings. The Bertz CT molecular complexity index is 496. The van der Waals surface area contributed by atoms with Crippen LogP contribution in [0.3, 0.4) is 0 Å². The Balaban J connectivity index is 2.35. The number of rotatable bonds is 5. The highest BCUT2D eigenvalue weighted by Crippen LogP contribution is 2.25. The number of halogens is 2. The van der Waals surface area contributed by atoms with Gasteiger partial charge in [-0.05, 0) is 48.4 Å². The lowest BCUT2D eigenvalue weighted by atomic mass is 9.98. The fraction of sp³-hybridized carbons (Fsp3) is 0.250. The molecule has 1 atom stereocenters. The average molecular weight is 322 g/mol. The summed E-state index contributed by atoms with van der Waals surface area (Å²) in [5, 5.41) is 3.47. The van der Waals surface area contributed by atoms with Crippen LogP contribution in [0.4, 0.5) is 4.39 Å². The maximum atomic E-state index is 13.4. The summed E-state index contributed by atoms with van der Waals surface area (Å²) in [6.45, 7) is 3.02. The first kappa shape index (κ1) is 14.2. The van der Waals surface area contributed by atoms with Gasteiger partial charge in [-0.3, -0.25) is 0 Å². The molecule has 0 aromatic heterocycles. The van der Waals surface area contributed by atoms with E-state index in [1.807, 2.05) is 18.2 Å². The number of nitrogens with one attached hydrogen (secondary N) is 1. The fourth-order valence-electron chi connectivity index (χ4n) is 2.09. The molecule has 100 valence electrons. The Labute approximate surface area is 122 Å². The zero-order valence-corrected chi connectivity index (χ0v) is 12.5. The Morgan fingerprint density at radius 2 is 1.79 bits per heavy atom. The zero-order valence-electron chi connectivity index (χ0n) is 10.9. The van der Waals surface area contributed by atoms with Gasteiger partial charge in [-0.2, -0.15) is 0 Å². The summed E-state index contributed by atoms with van der Waals surface area (Å²) in [5.74, 6) is -0.198. The van der Waals surface area contributed by atoms with Crippen LogP contribution in [0.1, 0.15) is 30.5 Å². The molecule has 1 unspecified atom stereocenters. The lowest BCUT2D eigenvalue weighted by molar-refractivity contribution is 0.585. The van der Waals surface area contributed by atoms with E-state index in [-0.39, 0.29) is 11.9 Å². The van der Waals surface area contributed by atoms with Crippen LogP contribution in [-0.2, 0) is 0 Å². The monoisotopic (exact) mass is 321 g/mol. The highest BCUT2D eigenvalue weighted by atomic mass is 79.9. The van der Waals surface area contributed by atoms with Crippen molar-refractivity contribution in [2.75, 3.05) is 6.54 Å². The van der Waals surface area contributed by atoms with Gasteiger partial charge in [-0.25, -0.2) is 4.39 Å². The van der Waals surface area contributed by atoms with Crippen LogP contribution in [-0.4, -0.2) is 6.54 Å². The molecule has 1 N–H and O–H groups in total. The summed E-state index contributed by atoms with van der Waals surface area (Å²) in [6, 6.07) is 14.9. The SMILES string of the molecule is CCCNC(c1cccc(F)c1)c1cccc(Br)c1. The molecule has 0 spiro atoms. The summed E-state index contributed by atoms with van der Waals surface area (Å²) in [7, 11) is 0. The molecule has 1 nitrogen and oxygen atoms in total. The van der Waals surface area contributed by atoms with E-state index in [1.54, 1.807) is 12.1 Å². The summed E-state index contributed by atoms with van der Waals surface area (Å²) in [6.07, 6.45) is 1.04. The van der Waals surface area contributed by atoms with Crippen molar-refractivity contribution < 1.29 is 4.39 Å². The highest BCUT2D eigenvalue weighted by Gasteiger charge is 2.13. The number of hydrogen-bond acceptors (Lipinski definition) is 1. The van der Waals surface area contributed by atoms with Crippen molar-refractivity contribution in [1.82, 2.24) is 5.32 Å². The molecule has 0 radical (unpaired) electrons. The summed E-state index contributed by atoms with van der Waals surface area (Å²) >= 11 is 3.48. The Kier molecular flexibility index (Phi) is 5.11. The summed E-state index contributed by atoms with van der Waals surface area (Å²) < 4.78 is 14.4. The molecule has 0 heterocycles. The van der Waals surface area contributed by atoms with Gasteiger partial charge in [0, 0.05) is 4.47 Å². The molecular weight excluding hydrogens is 305 g/mol. The first-order chi connectivity index (χ1) is 9.20. The van der Waals surface area contributed by atoms with Crippen molar-refractivity contribution in [1.29, 1.82) is 0 Å². The first-order valence-electron chi connectivity index (χ1n) is 6.45. The predicted octanol–water partition coefficient (Wildman–Crippen LogP) is 4.68. The van der Waals surface area contributed by atoms with Crippen molar-refractivity contribution in [3.63, 3.8) is 0 Å². The van der Waals surface area contributed by atoms with E-state index < -0.39 is 0 Å². The molecule has 0 aliphatic carbocycles. The van der Waals surface area contributed by atoms with Gasteiger partial charge in [0.05, 0.1) is 6.04 Å². The molecule has 3 heteroatoms. The lowest BCUT2D eigenvalue weighted by Gasteiger charge is -2.20. The van der Waals surface area contributed by atoms with E-state index in [0.29, 0.717) is 0 Å². The van der Waals surface area contributed by atoms with Crippen LogP contribution in [0.2, 0.25) is 0 Å². The van der Waals surface area contributed by atoms with Gasteiger partial charge in [-0.15, -0.1) is 0 Å². The van der Waals surface area contributed by atoms with E-state index in [9.17, 15) is 4.39 Å². The van der Waals surface area contributed by atoms with Crippen LogP contribution in [0.15, 0.2) is 53.0 Å². The molecule has 0 aliphatic rings. The van der Waals surface area contributed by atoms with Crippen LogP contribution >= 0.6 is 15.9 Å². The molecule has 0 saturated heterocycles. The Hall–Kier alpha value is -1.19. The van der Waals surface area contributed by atoms with Crippen molar-refractivity contribution in [3.8, 4) is 0 Å². The lowest BCUT2D eigenvalue weighted by Crippen LogP contribution is -2.23. The first-order valence-corrected chi connectivity index (χ1v) is 7.24. The number of hydrogen-bond donors (Lipinski definition) is 1. The van der Waals surface area contributed by atoms with Crippen molar-refractivity contribution >= 4 is 15.9 Å². The second-order valence-corrected chi connectivity index (χ2v) is 5.41. The van der Waals surface area contributed by atoms with Crippen molar-refractivity contribution in [2.45, 2.75) is 19.4 Å². The second kappa shape index (κ2) is 6.83. The standard InChI is InChI=1S/C16H17BrFN/c1-2-9-19-16(12-5-3-7-14(17)10-12)13-6-4-8-15(18)11-13/h3-8,10-11,16,19H,2,9H2,1H3. The van der Waals surface area contributed by atoms with Gasteiger partial charge in [0.15, 0.2) is 0 Å². The third-order valence-electron chi connectivity index (χ3n) is 2.96. The van der Waals surface area contributed by atoms with Crippen molar-refractivity contribution in [2.24, 2.45) is 0 Å². The van der Waals surface area contributed by atoms with Gasteiger partial charge >= 0.3 is 0 Å².